The number of likely N-dealkylation sites (tertiary alicyclic amines) is 1. The minimum atomic E-state index is -0.874. The van der Waals surface area contributed by atoms with E-state index in [1.165, 1.54) is 0 Å². The number of ether oxygens (including phenoxy) is 1. The van der Waals surface area contributed by atoms with E-state index in [4.69, 9.17) is 4.74 Å². The van der Waals surface area contributed by atoms with Gasteiger partial charge in [-0.2, -0.15) is 0 Å². The number of hydrogen-bond acceptors (Lipinski definition) is 5. The second kappa shape index (κ2) is 14.1. The molecule has 1 fully saturated rings. The van der Waals surface area contributed by atoms with Crippen molar-refractivity contribution in [2.45, 2.75) is 57.5 Å². The van der Waals surface area contributed by atoms with Gasteiger partial charge in [0.25, 0.3) is 0 Å². The van der Waals surface area contributed by atoms with Crippen molar-refractivity contribution in [3.63, 3.8) is 0 Å². The molecule has 9 heteroatoms. The van der Waals surface area contributed by atoms with E-state index in [9.17, 15) is 19.5 Å². The van der Waals surface area contributed by atoms with Crippen molar-refractivity contribution in [1.29, 1.82) is 0 Å². The third-order valence-corrected chi connectivity index (χ3v) is 10.0. The molecule has 3 aliphatic rings. The van der Waals surface area contributed by atoms with Gasteiger partial charge < -0.3 is 24.1 Å². The van der Waals surface area contributed by atoms with Crippen LogP contribution in [0.25, 0.3) is 0 Å². The van der Waals surface area contributed by atoms with E-state index >= 15 is 0 Å². The topological polar surface area (TPSA) is 90.4 Å². The maximum absolute atomic E-state index is 14.3. The number of quaternary nitrogens is 1. The molecule has 6 rings (SSSR count). The Labute approximate surface area is 284 Å². The Balaban J connectivity index is 1.30. The lowest BCUT2D eigenvalue weighted by atomic mass is 9.83. The predicted octanol–water partition coefficient (Wildman–Crippen LogP) is 5.11. The normalized spacial score (nSPS) is 20.5. The first-order valence-corrected chi connectivity index (χ1v) is 17.3. The summed E-state index contributed by atoms with van der Waals surface area (Å²) in [4.78, 5) is 46.3. The Morgan fingerprint density at radius 2 is 1.83 bits per heavy atom. The molecular weight excluding hydrogens is 604 g/mol. The minimum Gasteiger partial charge on any atom is -0.493 e. The molecule has 0 spiro atoms. The van der Waals surface area contributed by atoms with Crippen LogP contribution in [-0.2, 0) is 33.8 Å². The molecule has 1 N–H and O–H groups in total. The third-order valence-electron chi connectivity index (χ3n) is 10.0. The first-order valence-electron chi connectivity index (χ1n) is 17.3. The number of rotatable bonds is 13. The van der Waals surface area contributed by atoms with Gasteiger partial charge in [-0.05, 0) is 53.8 Å². The van der Waals surface area contributed by atoms with Gasteiger partial charge in [0, 0.05) is 55.0 Å². The van der Waals surface area contributed by atoms with Crippen LogP contribution in [0.1, 0.15) is 54.4 Å². The summed E-state index contributed by atoms with van der Waals surface area (Å²) in [5, 5.41) is 10.8. The number of anilines is 2. The Morgan fingerprint density at radius 1 is 1.02 bits per heavy atom. The van der Waals surface area contributed by atoms with Crippen LogP contribution in [0.5, 0.6) is 5.75 Å². The smallest absolute Gasteiger partial charge is 0.308 e. The second-order valence-corrected chi connectivity index (χ2v) is 14.6. The number of para-hydroxylation sites is 1. The van der Waals surface area contributed by atoms with Crippen molar-refractivity contribution in [3.8, 4) is 5.75 Å². The van der Waals surface area contributed by atoms with Crippen molar-refractivity contribution >= 4 is 29.2 Å². The van der Waals surface area contributed by atoms with Gasteiger partial charge in [-0.1, -0.05) is 55.8 Å². The summed E-state index contributed by atoms with van der Waals surface area (Å²) in [6.07, 6.45) is 3.41. The monoisotopic (exact) mass is 653 g/mol. The van der Waals surface area contributed by atoms with Crippen molar-refractivity contribution in [1.82, 2.24) is 4.90 Å². The second-order valence-electron chi connectivity index (χ2n) is 14.6. The van der Waals surface area contributed by atoms with Crippen LogP contribution in [0, 0.1) is 5.92 Å². The summed E-state index contributed by atoms with van der Waals surface area (Å²) < 4.78 is 6.52. The molecule has 0 aliphatic carbocycles. The van der Waals surface area contributed by atoms with Gasteiger partial charge in [0.2, 0.25) is 11.8 Å². The summed E-state index contributed by atoms with van der Waals surface area (Å²) in [6, 6.07) is 21.6. The zero-order chi connectivity index (χ0) is 34.0. The summed E-state index contributed by atoms with van der Waals surface area (Å²) in [5.74, 6) is -1.06. The fraction of sp³-hybridized carbons (Fsp3) is 0.462. The molecule has 3 heterocycles. The summed E-state index contributed by atoms with van der Waals surface area (Å²) in [5.41, 5.74) is 5.99. The van der Waals surface area contributed by atoms with Gasteiger partial charge in [-0.25, -0.2) is 0 Å². The standard InChI is InChI=1S/C39H48N4O5/c1-5-6-18-41(31-12-9-10-27(21-31)26-43(2,3)4)37(45)25-40-24-32(28-14-15-35-30(22-28)17-20-48-35)38(39(46)47)34(40)16-19-42-33-13-8-7-11-29(33)23-36(42)44/h7-15,21-22,32,34,38H,5-6,16-20,23-26H2,1-4H3/p+1/t32-,34+,38-/m1/s1. The molecule has 9 nitrogen and oxygen atoms in total. The van der Waals surface area contributed by atoms with Gasteiger partial charge in [0.15, 0.2) is 0 Å². The molecule has 2 amide bonds. The number of aliphatic carboxylic acids is 1. The van der Waals surface area contributed by atoms with Crippen LogP contribution in [0.2, 0.25) is 0 Å². The molecule has 0 saturated carbocycles. The lowest BCUT2D eigenvalue weighted by Gasteiger charge is -2.31. The van der Waals surface area contributed by atoms with E-state index in [2.05, 4.69) is 51.2 Å². The number of nitrogens with zero attached hydrogens (tertiary/aromatic N) is 4. The molecule has 0 aromatic heterocycles. The maximum Gasteiger partial charge on any atom is 0.308 e. The van der Waals surface area contributed by atoms with E-state index in [1.807, 2.05) is 53.4 Å². The summed E-state index contributed by atoms with van der Waals surface area (Å²) >= 11 is 0. The van der Waals surface area contributed by atoms with E-state index < -0.39 is 17.9 Å². The van der Waals surface area contributed by atoms with Crippen LogP contribution in [0.15, 0.2) is 66.7 Å². The molecule has 0 unspecified atom stereocenters. The van der Waals surface area contributed by atoms with Crippen LogP contribution >= 0.6 is 0 Å². The fourth-order valence-corrected chi connectivity index (χ4v) is 7.79. The number of carboxylic acids is 1. The lowest BCUT2D eigenvalue weighted by Crippen LogP contribution is -2.46. The first kappa shape index (κ1) is 33.7. The number of carboxylic acid groups (broad SMARTS) is 1. The summed E-state index contributed by atoms with van der Waals surface area (Å²) in [6.45, 7) is 5.12. The highest BCUT2D eigenvalue weighted by Gasteiger charge is 2.47. The largest absolute Gasteiger partial charge is 0.493 e. The number of carbonyl (C=O) groups excluding carboxylic acids is 2. The minimum absolute atomic E-state index is 0.0263. The number of hydrogen-bond donors (Lipinski definition) is 1. The maximum atomic E-state index is 14.3. The molecule has 0 bridgehead atoms. The van der Waals surface area contributed by atoms with Crippen LogP contribution < -0.4 is 14.5 Å². The van der Waals surface area contributed by atoms with Crippen LogP contribution in [-0.4, -0.2) is 92.2 Å². The van der Waals surface area contributed by atoms with E-state index in [0.29, 0.717) is 39.1 Å². The molecule has 3 aliphatic heterocycles. The molecule has 0 radical (unpaired) electrons. The van der Waals surface area contributed by atoms with Gasteiger partial charge in [0.05, 0.1) is 46.6 Å². The molecule has 3 atom stereocenters. The molecule has 3 aromatic carbocycles. The highest BCUT2D eigenvalue weighted by atomic mass is 16.5. The SMILES string of the molecule is CCCCN(C(=O)CN1C[C@H](c2ccc3c(c2)CCO3)[C@@H](C(=O)O)[C@@H]1CCN1C(=O)Cc2ccccc21)c1cccc(C[N+](C)(C)C)c1. The quantitative estimate of drug-likeness (QED) is 0.258. The number of benzene rings is 3. The highest BCUT2D eigenvalue weighted by molar-refractivity contribution is 6.01. The number of amides is 2. The van der Waals surface area contributed by atoms with Gasteiger partial charge >= 0.3 is 5.97 Å². The molecular formula is C39H49N4O5+. The van der Waals surface area contributed by atoms with Crippen molar-refractivity contribution in [2.24, 2.45) is 5.92 Å². The Bertz CT molecular complexity index is 1670. The lowest BCUT2D eigenvalue weighted by molar-refractivity contribution is -0.884. The van der Waals surface area contributed by atoms with Crippen molar-refractivity contribution in [3.05, 3.63) is 89.0 Å². The molecule has 254 valence electrons. The predicted molar refractivity (Wildman–Crippen MR) is 187 cm³/mol. The average molecular weight is 654 g/mol. The molecule has 48 heavy (non-hydrogen) atoms. The van der Waals surface area contributed by atoms with Gasteiger partial charge in [0.1, 0.15) is 12.3 Å². The Hall–Kier alpha value is -4.21. The van der Waals surface area contributed by atoms with E-state index in [0.717, 1.165) is 69.7 Å². The average Bonchev–Trinajstić information content (AvgIpc) is 3.74. The first-order chi connectivity index (χ1) is 23.0. The zero-order valence-corrected chi connectivity index (χ0v) is 28.7. The number of fused-ring (bicyclic) bond motifs is 2. The highest BCUT2D eigenvalue weighted by Crippen LogP contribution is 2.42. The summed E-state index contributed by atoms with van der Waals surface area (Å²) in [7, 11) is 6.45. The third kappa shape index (κ3) is 7.27. The van der Waals surface area contributed by atoms with Gasteiger partial charge in [-0.15, -0.1) is 0 Å². The Morgan fingerprint density at radius 3 is 2.60 bits per heavy atom. The number of unbranched alkanes of at least 4 members (excludes halogenated alkanes) is 1. The number of carbonyl (C=O) groups is 3. The van der Waals surface area contributed by atoms with Gasteiger partial charge in [-0.3, -0.25) is 19.3 Å². The van der Waals surface area contributed by atoms with E-state index in [1.54, 1.807) is 4.90 Å². The fourth-order valence-electron chi connectivity index (χ4n) is 7.79. The zero-order valence-electron chi connectivity index (χ0n) is 28.7. The van der Waals surface area contributed by atoms with Crippen LogP contribution in [0.4, 0.5) is 11.4 Å². The van der Waals surface area contributed by atoms with Crippen LogP contribution in [0.3, 0.4) is 0 Å². The molecule has 1 saturated heterocycles. The van der Waals surface area contributed by atoms with Crippen molar-refractivity contribution < 1.29 is 28.7 Å². The van der Waals surface area contributed by atoms with Crippen molar-refractivity contribution in [2.75, 3.05) is 63.7 Å². The molecule has 3 aromatic rings. The Kier molecular flexibility index (Phi) is 9.90. The van der Waals surface area contributed by atoms with E-state index in [-0.39, 0.29) is 24.3 Å².